The molecule has 0 aromatic rings. The van der Waals surface area contributed by atoms with E-state index in [1.165, 1.54) is 7.11 Å². The molecular formula is C41H74N2O12. The maximum atomic E-state index is 14.4. The summed E-state index contributed by atoms with van der Waals surface area (Å²) in [5.41, 5.74) is -4.13. The van der Waals surface area contributed by atoms with Crippen LogP contribution in [0.3, 0.4) is 0 Å². The fraction of sp³-hybridized carbons (Fsp3) is 0.927. The van der Waals surface area contributed by atoms with E-state index in [0.717, 1.165) is 0 Å². The first kappa shape index (κ1) is 46.4. The number of nitrogens with zero attached hydrogens (tertiary/aromatic N) is 2. The topological polar surface area (TPSA) is 169 Å². The number of likely N-dealkylation sites (N-methyl/N-ethyl adjacent to an activating group) is 1. The smallest absolute Gasteiger partial charge is 0.311 e. The summed E-state index contributed by atoms with van der Waals surface area (Å²) in [6, 6.07) is -0.541. The van der Waals surface area contributed by atoms with Crippen LogP contribution in [-0.4, -0.2) is 167 Å². The molecule has 2 bridgehead atoms. The molecule has 4 fully saturated rings. The minimum absolute atomic E-state index is 0.0937. The Labute approximate surface area is 329 Å². The highest BCUT2D eigenvalue weighted by molar-refractivity contribution is 5.73. The lowest BCUT2D eigenvalue weighted by molar-refractivity contribution is -0.318. The number of fused-ring (bicyclic) bond motifs is 2. The molecule has 4 N–H and O–H groups in total. The Balaban J connectivity index is 1.84. The molecule has 0 aliphatic carbocycles. The highest BCUT2D eigenvalue weighted by Gasteiger charge is 2.54. The Morgan fingerprint density at radius 2 is 1.64 bits per heavy atom. The third kappa shape index (κ3) is 10.1. The number of rotatable bonds is 8. The average molecular weight is 787 g/mol. The molecule has 14 heteroatoms. The monoisotopic (exact) mass is 787 g/mol. The summed E-state index contributed by atoms with van der Waals surface area (Å²) in [7, 11) is 5.32. The molecule has 0 amide bonds. The zero-order chi connectivity index (χ0) is 41.4. The van der Waals surface area contributed by atoms with E-state index >= 15 is 0 Å². The molecule has 4 aliphatic heterocycles. The van der Waals surface area contributed by atoms with Crippen molar-refractivity contribution in [1.82, 2.24) is 9.80 Å². The Kier molecular flexibility index (Phi) is 15.5. The van der Waals surface area contributed by atoms with Gasteiger partial charge in [0.1, 0.15) is 30.0 Å². The van der Waals surface area contributed by atoms with Gasteiger partial charge in [0.15, 0.2) is 12.6 Å². The van der Waals surface area contributed by atoms with E-state index in [2.05, 4.69) is 18.4 Å². The second-order valence-electron chi connectivity index (χ2n) is 18.1. The van der Waals surface area contributed by atoms with Crippen LogP contribution < -0.4 is 0 Å². The largest absolute Gasteiger partial charge is 0.459 e. The second kappa shape index (κ2) is 18.3. The summed E-state index contributed by atoms with van der Waals surface area (Å²) in [6.45, 7) is 23.4. The van der Waals surface area contributed by atoms with E-state index in [0.29, 0.717) is 25.9 Å². The highest BCUT2D eigenvalue weighted by Crippen LogP contribution is 2.41. The van der Waals surface area contributed by atoms with Gasteiger partial charge in [-0.2, -0.15) is 0 Å². The van der Waals surface area contributed by atoms with Crippen LogP contribution in [0.2, 0.25) is 0 Å². The summed E-state index contributed by atoms with van der Waals surface area (Å²) in [4.78, 5) is 18.6. The lowest BCUT2D eigenvalue weighted by Gasteiger charge is -2.50. The molecule has 0 aromatic carbocycles. The molecule has 4 saturated heterocycles. The second-order valence-corrected chi connectivity index (χ2v) is 18.1. The fourth-order valence-electron chi connectivity index (χ4n) is 9.67. The molecule has 2 unspecified atom stereocenters. The van der Waals surface area contributed by atoms with E-state index in [9.17, 15) is 25.2 Å². The van der Waals surface area contributed by atoms with Gasteiger partial charge in [-0.25, -0.2) is 0 Å². The van der Waals surface area contributed by atoms with Crippen molar-refractivity contribution in [2.75, 3.05) is 34.3 Å². The quantitative estimate of drug-likeness (QED) is 0.209. The van der Waals surface area contributed by atoms with Crippen molar-refractivity contribution in [2.45, 2.75) is 191 Å². The Morgan fingerprint density at radius 3 is 2.22 bits per heavy atom. The van der Waals surface area contributed by atoms with Crippen molar-refractivity contribution in [3.8, 4) is 0 Å². The Bertz CT molecular complexity index is 1270. The van der Waals surface area contributed by atoms with Crippen molar-refractivity contribution in [1.29, 1.82) is 0 Å². The molecule has 0 saturated carbocycles. The van der Waals surface area contributed by atoms with E-state index < -0.39 is 89.9 Å². The van der Waals surface area contributed by atoms with E-state index in [1.807, 2.05) is 46.7 Å². The van der Waals surface area contributed by atoms with Crippen LogP contribution in [0.15, 0.2) is 12.7 Å². The summed E-state index contributed by atoms with van der Waals surface area (Å²) in [5, 5.41) is 47.5. The number of hydrogen-bond donors (Lipinski definition) is 4. The first-order chi connectivity index (χ1) is 25.5. The molecule has 4 heterocycles. The van der Waals surface area contributed by atoms with Crippen LogP contribution >= 0.6 is 0 Å². The molecule has 14 nitrogen and oxygen atoms in total. The number of cyclic esters (lactones) is 1. The van der Waals surface area contributed by atoms with Crippen molar-refractivity contribution in [3.63, 3.8) is 0 Å². The molecule has 20 atom stereocenters. The third-order valence-electron chi connectivity index (χ3n) is 13.0. The maximum Gasteiger partial charge on any atom is 0.311 e. The number of ether oxygens (including phenoxy) is 7. The van der Waals surface area contributed by atoms with Gasteiger partial charge in [0.2, 0.25) is 0 Å². The van der Waals surface area contributed by atoms with Crippen LogP contribution in [-0.2, 0) is 38.0 Å². The summed E-state index contributed by atoms with van der Waals surface area (Å²) in [6.07, 6.45) is -5.95. The summed E-state index contributed by atoms with van der Waals surface area (Å²) >= 11 is 0. The van der Waals surface area contributed by atoms with Crippen molar-refractivity contribution >= 4 is 5.97 Å². The van der Waals surface area contributed by atoms with Crippen LogP contribution in [0.5, 0.6) is 0 Å². The van der Waals surface area contributed by atoms with Gasteiger partial charge in [-0.15, -0.1) is 6.58 Å². The molecule has 0 aromatic heterocycles. The predicted octanol–water partition coefficient (Wildman–Crippen LogP) is 2.86. The normalized spacial score (nSPS) is 50.8. The van der Waals surface area contributed by atoms with Gasteiger partial charge in [0, 0.05) is 44.6 Å². The average Bonchev–Trinajstić information content (AvgIpc) is 3.10. The number of carbonyl (C=O) groups is 1. The molecular weight excluding hydrogens is 712 g/mol. The Morgan fingerprint density at radius 1 is 0.982 bits per heavy atom. The van der Waals surface area contributed by atoms with Crippen molar-refractivity contribution in [2.24, 2.45) is 17.8 Å². The molecule has 320 valence electrons. The minimum Gasteiger partial charge on any atom is -0.459 e. The van der Waals surface area contributed by atoms with Gasteiger partial charge in [0.25, 0.3) is 0 Å². The van der Waals surface area contributed by atoms with E-state index in [4.69, 9.17) is 33.2 Å². The zero-order valence-corrected chi connectivity index (χ0v) is 35.7. The van der Waals surface area contributed by atoms with Crippen LogP contribution in [0.1, 0.15) is 94.9 Å². The SMILES string of the molecule is C=CC1CN2C[C@H](C)C[C@@](C)(O)[C@H](O[C@@H]3O[C@H](C)C[C@H](N(C)C)[C@H]3O)[C@@H](C)[C@H](O[C@H]3C[C@@](C)(OC)[C@@H](O)[C@H](C)O3)[C@@H](C)C(=O)O[C@H](CC)[C@@](C)(O)[C@@H](O1)[C@H]2C. The maximum absolute atomic E-state index is 14.4. The van der Waals surface area contributed by atoms with E-state index in [-0.39, 0.29) is 43.1 Å². The first-order valence-electron chi connectivity index (χ1n) is 20.4. The van der Waals surface area contributed by atoms with Gasteiger partial charge in [-0.1, -0.05) is 26.8 Å². The Hall–Kier alpha value is -1.27. The molecule has 4 aliphatic rings. The van der Waals surface area contributed by atoms with Gasteiger partial charge >= 0.3 is 5.97 Å². The number of morpholine rings is 1. The lowest BCUT2D eigenvalue weighted by Crippen LogP contribution is -2.65. The number of esters is 1. The van der Waals surface area contributed by atoms with Gasteiger partial charge in [-0.05, 0) is 87.7 Å². The number of methoxy groups -OCH3 is 1. The van der Waals surface area contributed by atoms with Crippen LogP contribution in [0.4, 0.5) is 0 Å². The molecule has 4 rings (SSSR count). The summed E-state index contributed by atoms with van der Waals surface area (Å²) < 4.78 is 44.5. The number of hydrogen-bond acceptors (Lipinski definition) is 14. The summed E-state index contributed by atoms with van der Waals surface area (Å²) in [5.74, 6) is -2.42. The van der Waals surface area contributed by atoms with Gasteiger partial charge in [-0.3, -0.25) is 9.69 Å². The van der Waals surface area contributed by atoms with Crippen LogP contribution in [0, 0.1) is 17.8 Å². The van der Waals surface area contributed by atoms with Crippen molar-refractivity contribution in [3.05, 3.63) is 12.7 Å². The molecule has 0 radical (unpaired) electrons. The van der Waals surface area contributed by atoms with Crippen LogP contribution in [0.25, 0.3) is 0 Å². The van der Waals surface area contributed by atoms with Gasteiger partial charge in [0.05, 0.1) is 47.6 Å². The van der Waals surface area contributed by atoms with Gasteiger partial charge < -0.3 is 58.5 Å². The first-order valence-corrected chi connectivity index (χ1v) is 20.4. The molecule has 55 heavy (non-hydrogen) atoms. The standard InChI is InChI=1S/C41H74N2O12/c1-15-28-21-43-20-22(3)18-39(9,47)35(55-38-32(44)29(42(12)13)17-23(4)50-38)24(5)33(54-31-19-40(10,49-14)34(45)27(8)51-31)25(6)37(46)53-30(16-2)41(11,48)36(52-28)26(43)7/h15,22-36,38,44-45,47-48H,1,16-21H2,2-14H3/t22-,23-,24+,25-,26-,27+,28?,29+,30-,31+,32-,33+,34+,35-,36+,38+,39-,40-,41-/m1/s1. The fourth-order valence-corrected chi connectivity index (χ4v) is 9.67. The number of aliphatic hydroxyl groups excluding tert-OH is 2. The minimum atomic E-state index is -1.58. The van der Waals surface area contributed by atoms with Crippen molar-refractivity contribution < 1.29 is 58.4 Å². The predicted molar refractivity (Wildman–Crippen MR) is 206 cm³/mol. The molecule has 0 spiro atoms. The van der Waals surface area contributed by atoms with E-state index in [1.54, 1.807) is 40.7 Å². The number of aliphatic hydroxyl groups is 4. The number of carbonyl (C=O) groups excluding carboxylic acids is 1. The highest BCUT2D eigenvalue weighted by atomic mass is 16.7. The zero-order valence-electron chi connectivity index (χ0n) is 35.7. The lowest BCUT2D eigenvalue weighted by atomic mass is 9.77. The third-order valence-corrected chi connectivity index (χ3v) is 13.0.